The Bertz CT molecular complexity index is 551. The van der Waals surface area contributed by atoms with Gasteiger partial charge in [-0.15, -0.1) is 11.3 Å². The van der Waals surface area contributed by atoms with E-state index in [1.165, 1.54) is 17.4 Å². The molecule has 0 aliphatic heterocycles. The summed E-state index contributed by atoms with van der Waals surface area (Å²) in [6.07, 6.45) is 0. The lowest BCUT2D eigenvalue weighted by molar-refractivity contribution is 0.439. The molecule has 5 heteroatoms. The highest BCUT2D eigenvalue weighted by molar-refractivity contribution is 7.10. The van der Waals surface area contributed by atoms with Crippen LogP contribution in [0.1, 0.15) is 22.0 Å². The van der Waals surface area contributed by atoms with Crippen molar-refractivity contribution in [2.45, 2.75) is 13.0 Å². The third-order valence-corrected chi connectivity index (χ3v) is 3.69. The van der Waals surface area contributed by atoms with Gasteiger partial charge in [-0.3, -0.25) is 0 Å². The van der Waals surface area contributed by atoms with Crippen LogP contribution in [0.15, 0.2) is 23.6 Å². The lowest BCUT2D eigenvalue weighted by atomic mass is 10.0. The quantitative estimate of drug-likeness (QED) is 0.818. The standard InChI is InChI=1S/C12H10F3NS/c1-6-4-5-17-12(6)11(16)7-2-3-8(13)10(15)9(7)14/h2-5,11H,16H2,1H3. The third-order valence-electron chi connectivity index (χ3n) is 2.58. The molecule has 0 fully saturated rings. The lowest BCUT2D eigenvalue weighted by Gasteiger charge is -2.13. The second-order valence-corrected chi connectivity index (χ2v) is 4.66. The van der Waals surface area contributed by atoms with Crippen LogP contribution >= 0.6 is 11.3 Å². The van der Waals surface area contributed by atoms with Crippen molar-refractivity contribution in [3.8, 4) is 0 Å². The minimum atomic E-state index is -1.48. The minimum absolute atomic E-state index is 0.0329. The average Bonchev–Trinajstić information content (AvgIpc) is 2.72. The summed E-state index contributed by atoms with van der Waals surface area (Å²) in [6.45, 7) is 1.84. The molecule has 1 atom stereocenters. The smallest absolute Gasteiger partial charge is 0.194 e. The Morgan fingerprint density at radius 2 is 1.82 bits per heavy atom. The van der Waals surface area contributed by atoms with E-state index in [1.54, 1.807) is 0 Å². The number of hydrogen-bond acceptors (Lipinski definition) is 2. The van der Waals surface area contributed by atoms with E-state index in [9.17, 15) is 13.2 Å². The van der Waals surface area contributed by atoms with Crippen molar-refractivity contribution in [3.63, 3.8) is 0 Å². The Morgan fingerprint density at radius 3 is 2.41 bits per heavy atom. The number of nitrogens with two attached hydrogens (primary N) is 1. The number of hydrogen-bond donors (Lipinski definition) is 1. The van der Waals surface area contributed by atoms with Crippen LogP contribution < -0.4 is 5.73 Å². The molecule has 2 aromatic rings. The summed E-state index contributed by atoms with van der Waals surface area (Å²) in [5.41, 5.74) is 6.74. The fourth-order valence-electron chi connectivity index (χ4n) is 1.63. The summed E-state index contributed by atoms with van der Waals surface area (Å²) >= 11 is 1.36. The molecule has 0 spiro atoms. The molecule has 17 heavy (non-hydrogen) atoms. The van der Waals surface area contributed by atoms with Gasteiger partial charge in [0.05, 0.1) is 6.04 Å². The van der Waals surface area contributed by atoms with Crippen LogP contribution in [-0.2, 0) is 0 Å². The lowest BCUT2D eigenvalue weighted by Crippen LogP contribution is -2.14. The van der Waals surface area contributed by atoms with Crippen molar-refractivity contribution >= 4 is 11.3 Å². The second-order valence-electron chi connectivity index (χ2n) is 3.71. The number of rotatable bonds is 2. The molecule has 1 aromatic carbocycles. The van der Waals surface area contributed by atoms with Crippen LogP contribution in [0.4, 0.5) is 13.2 Å². The zero-order chi connectivity index (χ0) is 12.6. The SMILES string of the molecule is Cc1ccsc1C(N)c1ccc(F)c(F)c1F. The van der Waals surface area contributed by atoms with Crippen LogP contribution in [0.3, 0.4) is 0 Å². The summed E-state index contributed by atoms with van der Waals surface area (Å²) in [7, 11) is 0. The first-order valence-corrected chi connectivity index (χ1v) is 5.83. The molecule has 2 rings (SSSR count). The maximum Gasteiger partial charge on any atom is 0.194 e. The van der Waals surface area contributed by atoms with Crippen molar-refractivity contribution in [1.29, 1.82) is 0 Å². The zero-order valence-electron chi connectivity index (χ0n) is 9.01. The van der Waals surface area contributed by atoms with E-state index in [0.29, 0.717) is 0 Å². The topological polar surface area (TPSA) is 26.0 Å². The minimum Gasteiger partial charge on any atom is -0.320 e. The molecule has 2 N–H and O–H groups in total. The zero-order valence-corrected chi connectivity index (χ0v) is 9.82. The van der Waals surface area contributed by atoms with Crippen LogP contribution in [-0.4, -0.2) is 0 Å². The molecule has 1 aromatic heterocycles. The molecule has 1 heterocycles. The molecule has 0 amide bonds. The van der Waals surface area contributed by atoms with Crippen LogP contribution in [0.2, 0.25) is 0 Å². The highest BCUT2D eigenvalue weighted by Gasteiger charge is 2.21. The first-order valence-electron chi connectivity index (χ1n) is 4.95. The van der Waals surface area contributed by atoms with Crippen molar-refractivity contribution in [1.82, 2.24) is 0 Å². The van der Waals surface area contributed by atoms with Gasteiger partial charge in [-0.25, -0.2) is 13.2 Å². The Balaban J connectivity index is 2.48. The fourth-order valence-corrected chi connectivity index (χ4v) is 2.57. The largest absolute Gasteiger partial charge is 0.320 e. The van der Waals surface area contributed by atoms with Gasteiger partial charge in [0, 0.05) is 10.4 Å². The van der Waals surface area contributed by atoms with Crippen LogP contribution in [0.5, 0.6) is 0 Å². The predicted octanol–water partition coefficient (Wildman–Crippen LogP) is 3.52. The van der Waals surface area contributed by atoms with Gasteiger partial charge in [0.25, 0.3) is 0 Å². The van der Waals surface area contributed by atoms with Crippen molar-refractivity contribution in [2.75, 3.05) is 0 Å². The van der Waals surface area contributed by atoms with Gasteiger partial charge < -0.3 is 5.73 Å². The van der Waals surface area contributed by atoms with E-state index in [4.69, 9.17) is 5.73 Å². The van der Waals surface area contributed by atoms with Crippen molar-refractivity contribution in [2.24, 2.45) is 5.73 Å². The molecular weight excluding hydrogens is 247 g/mol. The second kappa shape index (κ2) is 4.50. The number of aryl methyl sites for hydroxylation is 1. The molecule has 90 valence electrons. The number of benzene rings is 1. The van der Waals surface area contributed by atoms with Crippen LogP contribution in [0.25, 0.3) is 0 Å². The first kappa shape index (κ1) is 12.1. The highest BCUT2D eigenvalue weighted by Crippen LogP contribution is 2.30. The maximum atomic E-state index is 13.5. The van der Waals surface area contributed by atoms with Gasteiger partial charge in [-0.05, 0) is 30.0 Å². The maximum absolute atomic E-state index is 13.5. The van der Waals surface area contributed by atoms with Crippen LogP contribution in [0, 0.1) is 24.4 Å². The molecule has 0 radical (unpaired) electrons. The normalized spacial score (nSPS) is 12.8. The Kier molecular flexibility index (Phi) is 3.22. The molecule has 0 aliphatic carbocycles. The summed E-state index contributed by atoms with van der Waals surface area (Å²) < 4.78 is 39.4. The summed E-state index contributed by atoms with van der Waals surface area (Å²) in [5, 5.41) is 1.82. The highest BCUT2D eigenvalue weighted by atomic mass is 32.1. The van der Waals surface area contributed by atoms with Gasteiger partial charge in [0.2, 0.25) is 0 Å². The molecular formula is C12H10F3NS. The molecule has 0 saturated carbocycles. The van der Waals surface area contributed by atoms with E-state index in [-0.39, 0.29) is 5.56 Å². The van der Waals surface area contributed by atoms with Crippen molar-refractivity contribution < 1.29 is 13.2 Å². The molecule has 1 nitrogen and oxygen atoms in total. The Morgan fingerprint density at radius 1 is 1.12 bits per heavy atom. The predicted molar refractivity (Wildman–Crippen MR) is 61.4 cm³/mol. The first-order chi connectivity index (χ1) is 8.02. The van der Waals surface area contributed by atoms with Gasteiger partial charge in [-0.2, -0.15) is 0 Å². The van der Waals surface area contributed by atoms with E-state index < -0.39 is 23.5 Å². The Labute approximate surface area is 101 Å². The monoisotopic (exact) mass is 257 g/mol. The third kappa shape index (κ3) is 2.08. The van der Waals surface area contributed by atoms with E-state index >= 15 is 0 Å². The van der Waals surface area contributed by atoms with Gasteiger partial charge in [0.1, 0.15) is 0 Å². The van der Waals surface area contributed by atoms with E-state index in [2.05, 4.69) is 0 Å². The molecule has 0 saturated heterocycles. The van der Waals surface area contributed by atoms with Crippen molar-refractivity contribution in [3.05, 3.63) is 57.0 Å². The number of halogens is 3. The van der Waals surface area contributed by atoms with E-state index in [1.807, 2.05) is 18.4 Å². The molecule has 0 bridgehead atoms. The van der Waals surface area contributed by atoms with Gasteiger partial charge >= 0.3 is 0 Å². The van der Waals surface area contributed by atoms with Gasteiger partial charge in [0.15, 0.2) is 17.5 Å². The van der Waals surface area contributed by atoms with E-state index in [0.717, 1.165) is 16.5 Å². The summed E-state index contributed by atoms with van der Waals surface area (Å²) in [6, 6.07) is 3.14. The Hall–Kier alpha value is -1.33. The summed E-state index contributed by atoms with van der Waals surface area (Å²) in [4.78, 5) is 0.745. The summed E-state index contributed by atoms with van der Waals surface area (Å²) in [5.74, 6) is -3.90. The average molecular weight is 257 g/mol. The molecule has 1 unspecified atom stereocenters. The van der Waals surface area contributed by atoms with Gasteiger partial charge in [-0.1, -0.05) is 6.07 Å². The number of thiophene rings is 1. The fraction of sp³-hybridized carbons (Fsp3) is 0.167. The molecule has 0 aliphatic rings.